The summed E-state index contributed by atoms with van der Waals surface area (Å²) in [5.74, 6) is -0.0267. The number of carbonyl (C=O) groups is 2. The van der Waals surface area contributed by atoms with E-state index in [1.807, 2.05) is 17.0 Å². The van der Waals surface area contributed by atoms with Gasteiger partial charge in [0.05, 0.1) is 17.0 Å². The molecule has 3 rings (SSSR count). The number of hydrogen-bond donors (Lipinski definition) is 2. The first-order chi connectivity index (χ1) is 13.0. The monoisotopic (exact) mass is 368 g/mol. The quantitative estimate of drug-likeness (QED) is 0.749. The molecule has 27 heavy (non-hydrogen) atoms. The molecule has 3 heterocycles. The van der Waals surface area contributed by atoms with Gasteiger partial charge >= 0.3 is 0 Å². The lowest BCUT2D eigenvalue weighted by Crippen LogP contribution is -2.37. The van der Waals surface area contributed by atoms with Gasteiger partial charge in [-0.1, -0.05) is 11.6 Å². The standard InChI is InChI=1S/C19H24N6O2/c1-13-18(14(2)22-12-21-13)19(27)20-11-15-6-9-25(10-7-15)17(26)4-3-16-5-8-23-24-16/h5-6,8,12H,3-4,7,9-11H2,1-2H3,(H,20,27)(H,23,24). The predicted molar refractivity (Wildman–Crippen MR) is 100 cm³/mol. The first kappa shape index (κ1) is 18.8. The number of carbonyl (C=O) groups excluding carboxylic acids is 2. The number of aromatic amines is 1. The molecule has 0 aliphatic carbocycles. The van der Waals surface area contributed by atoms with Crippen LogP contribution in [0.3, 0.4) is 0 Å². The summed E-state index contributed by atoms with van der Waals surface area (Å²) in [6, 6.07) is 1.88. The Balaban J connectivity index is 1.47. The van der Waals surface area contributed by atoms with Crippen molar-refractivity contribution in [2.45, 2.75) is 33.1 Å². The van der Waals surface area contributed by atoms with Crippen LogP contribution in [0.25, 0.3) is 0 Å². The number of aromatic nitrogens is 4. The summed E-state index contributed by atoms with van der Waals surface area (Å²) in [5.41, 5.74) is 3.98. The Morgan fingerprint density at radius 3 is 2.67 bits per heavy atom. The van der Waals surface area contributed by atoms with Gasteiger partial charge < -0.3 is 10.2 Å². The van der Waals surface area contributed by atoms with E-state index in [0.29, 0.717) is 49.4 Å². The SMILES string of the molecule is Cc1ncnc(C)c1C(=O)NCC1=CCN(C(=O)CCc2ccn[nH]2)CC1. The lowest BCUT2D eigenvalue weighted by atomic mass is 10.1. The molecular formula is C19H24N6O2. The fourth-order valence-electron chi connectivity index (χ4n) is 3.13. The number of nitrogens with zero attached hydrogens (tertiary/aromatic N) is 4. The van der Waals surface area contributed by atoms with Crippen LogP contribution in [-0.4, -0.2) is 56.5 Å². The van der Waals surface area contributed by atoms with Gasteiger partial charge in [-0.15, -0.1) is 0 Å². The Labute approximate surface area is 158 Å². The highest BCUT2D eigenvalue weighted by Gasteiger charge is 2.19. The number of nitrogens with one attached hydrogen (secondary N) is 2. The fourth-order valence-corrected chi connectivity index (χ4v) is 3.13. The Kier molecular flexibility index (Phi) is 5.95. The Morgan fingerprint density at radius 1 is 1.26 bits per heavy atom. The summed E-state index contributed by atoms with van der Waals surface area (Å²) in [4.78, 5) is 34.7. The number of H-pyrrole nitrogens is 1. The van der Waals surface area contributed by atoms with Gasteiger partial charge in [-0.2, -0.15) is 5.10 Å². The van der Waals surface area contributed by atoms with Crippen LogP contribution < -0.4 is 5.32 Å². The van der Waals surface area contributed by atoms with E-state index >= 15 is 0 Å². The zero-order chi connectivity index (χ0) is 19.2. The molecule has 2 N–H and O–H groups in total. The molecule has 2 aromatic heterocycles. The van der Waals surface area contributed by atoms with Crippen molar-refractivity contribution in [2.24, 2.45) is 0 Å². The third-order valence-electron chi connectivity index (χ3n) is 4.75. The van der Waals surface area contributed by atoms with Gasteiger partial charge in [0.25, 0.3) is 5.91 Å². The van der Waals surface area contributed by atoms with Crippen molar-refractivity contribution in [1.82, 2.24) is 30.4 Å². The number of amides is 2. The van der Waals surface area contributed by atoms with Gasteiger partial charge in [0.2, 0.25) is 5.91 Å². The van der Waals surface area contributed by atoms with Crippen molar-refractivity contribution in [1.29, 1.82) is 0 Å². The topological polar surface area (TPSA) is 104 Å². The predicted octanol–water partition coefficient (Wildman–Crippen LogP) is 1.34. The molecule has 8 nitrogen and oxygen atoms in total. The molecule has 0 unspecified atom stereocenters. The third kappa shape index (κ3) is 4.78. The maximum Gasteiger partial charge on any atom is 0.255 e. The summed E-state index contributed by atoms with van der Waals surface area (Å²) >= 11 is 0. The van der Waals surface area contributed by atoms with E-state index in [1.54, 1.807) is 20.0 Å². The van der Waals surface area contributed by atoms with Gasteiger partial charge in [-0.05, 0) is 32.8 Å². The van der Waals surface area contributed by atoms with Crippen molar-refractivity contribution >= 4 is 11.8 Å². The maximum absolute atomic E-state index is 12.4. The highest BCUT2D eigenvalue weighted by Crippen LogP contribution is 2.13. The van der Waals surface area contributed by atoms with E-state index in [-0.39, 0.29) is 11.8 Å². The van der Waals surface area contributed by atoms with Crippen molar-refractivity contribution in [3.8, 4) is 0 Å². The normalized spacial score (nSPS) is 14.0. The molecule has 2 amide bonds. The Morgan fingerprint density at radius 2 is 2.04 bits per heavy atom. The minimum atomic E-state index is -0.162. The van der Waals surface area contributed by atoms with Gasteiger partial charge in [0, 0.05) is 37.9 Å². The average Bonchev–Trinajstić information content (AvgIpc) is 3.18. The molecule has 0 saturated heterocycles. The van der Waals surface area contributed by atoms with Crippen molar-refractivity contribution in [3.63, 3.8) is 0 Å². The van der Waals surface area contributed by atoms with Crippen molar-refractivity contribution < 1.29 is 9.59 Å². The van der Waals surface area contributed by atoms with Crippen LogP contribution in [0, 0.1) is 13.8 Å². The van der Waals surface area contributed by atoms with Crippen molar-refractivity contribution in [3.05, 3.63) is 52.9 Å². The smallest absolute Gasteiger partial charge is 0.255 e. The molecule has 0 atom stereocenters. The zero-order valence-corrected chi connectivity index (χ0v) is 15.7. The number of aryl methyl sites for hydroxylation is 3. The molecule has 0 bridgehead atoms. The Hall–Kier alpha value is -3.03. The molecule has 2 aromatic rings. The molecule has 0 fully saturated rings. The van der Waals surface area contributed by atoms with Crippen LogP contribution in [-0.2, 0) is 11.2 Å². The van der Waals surface area contributed by atoms with E-state index in [1.165, 1.54) is 6.33 Å². The van der Waals surface area contributed by atoms with Crippen molar-refractivity contribution in [2.75, 3.05) is 19.6 Å². The maximum atomic E-state index is 12.4. The van der Waals surface area contributed by atoms with Crippen LogP contribution in [0.4, 0.5) is 0 Å². The van der Waals surface area contributed by atoms with Gasteiger partial charge in [-0.3, -0.25) is 14.7 Å². The molecule has 8 heteroatoms. The van der Waals surface area contributed by atoms with Crippen LogP contribution in [0.15, 0.2) is 30.2 Å². The van der Waals surface area contributed by atoms with E-state index in [0.717, 1.165) is 17.7 Å². The summed E-state index contributed by atoms with van der Waals surface area (Å²) in [7, 11) is 0. The van der Waals surface area contributed by atoms with E-state index in [2.05, 4.69) is 25.5 Å². The van der Waals surface area contributed by atoms with Gasteiger partial charge in [-0.25, -0.2) is 9.97 Å². The molecule has 142 valence electrons. The van der Waals surface area contributed by atoms with E-state index in [4.69, 9.17) is 0 Å². The summed E-state index contributed by atoms with van der Waals surface area (Å²) in [6.07, 6.45) is 7.07. The molecule has 0 radical (unpaired) electrons. The molecule has 0 spiro atoms. The molecule has 0 saturated carbocycles. The molecule has 0 aromatic carbocycles. The summed E-state index contributed by atoms with van der Waals surface area (Å²) in [6.45, 7) is 5.34. The molecule has 1 aliphatic rings. The first-order valence-electron chi connectivity index (χ1n) is 9.05. The minimum Gasteiger partial charge on any atom is -0.348 e. The second-order valence-corrected chi connectivity index (χ2v) is 6.64. The lowest BCUT2D eigenvalue weighted by Gasteiger charge is -2.26. The molecule has 1 aliphatic heterocycles. The Bertz CT molecular complexity index is 824. The fraction of sp³-hybridized carbons (Fsp3) is 0.421. The summed E-state index contributed by atoms with van der Waals surface area (Å²) in [5, 5.41) is 9.69. The lowest BCUT2D eigenvalue weighted by molar-refractivity contribution is -0.130. The number of hydrogen-bond acceptors (Lipinski definition) is 5. The summed E-state index contributed by atoms with van der Waals surface area (Å²) < 4.78 is 0. The highest BCUT2D eigenvalue weighted by molar-refractivity contribution is 5.96. The highest BCUT2D eigenvalue weighted by atomic mass is 16.2. The second-order valence-electron chi connectivity index (χ2n) is 6.64. The van der Waals surface area contributed by atoms with Gasteiger partial charge in [0.15, 0.2) is 0 Å². The first-order valence-corrected chi connectivity index (χ1v) is 9.05. The van der Waals surface area contributed by atoms with Crippen LogP contribution in [0.1, 0.15) is 40.3 Å². The largest absolute Gasteiger partial charge is 0.348 e. The number of rotatable bonds is 6. The van der Waals surface area contributed by atoms with Gasteiger partial charge in [0.1, 0.15) is 6.33 Å². The zero-order valence-electron chi connectivity index (χ0n) is 15.7. The second kappa shape index (κ2) is 8.57. The average molecular weight is 368 g/mol. The van der Waals surface area contributed by atoms with E-state index in [9.17, 15) is 9.59 Å². The van der Waals surface area contributed by atoms with Crippen LogP contribution >= 0.6 is 0 Å². The van der Waals surface area contributed by atoms with Crippen LogP contribution in [0.5, 0.6) is 0 Å². The third-order valence-corrected chi connectivity index (χ3v) is 4.75. The minimum absolute atomic E-state index is 0.136. The van der Waals surface area contributed by atoms with Crippen LogP contribution in [0.2, 0.25) is 0 Å². The molecular weight excluding hydrogens is 344 g/mol. The van der Waals surface area contributed by atoms with E-state index < -0.39 is 0 Å².